The number of anilines is 1. The van der Waals surface area contributed by atoms with Gasteiger partial charge in [0.05, 0.1) is 17.2 Å². The van der Waals surface area contributed by atoms with Crippen LogP contribution in [0.15, 0.2) is 42.7 Å². The molecular formula is C17H17ClN4S. The molecule has 118 valence electrons. The highest BCUT2D eigenvalue weighted by Gasteiger charge is 2.14. The van der Waals surface area contributed by atoms with Gasteiger partial charge in [0.1, 0.15) is 17.3 Å². The second-order valence-electron chi connectivity index (χ2n) is 5.28. The van der Waals surface area contributed by atoms with Gasteiger partial charge in [-0.1, -0.05) is 41.9 Å². The van der Waals surface area contributed by atoms with Gasteiger partial charge in [-0.2, -0.15) is 0 Å². The van der Waals surface area contributed by atoms with Crippen molar-refractivity contribution in [1.29, 1.82) is 0 Å². The topological polar surface area (TPSA) is 41.9 Å². The van der Waals surface area contributed by atoms with E-state index < -0.39 is 0 Å². The van der Waals surface area contributed by atoms with Gasteiger partial charge in [-0.3, -0.25) is 0 Å². The second kappa shape index (κ2) is 7.06. The van der Waals surface area contributed by atoms with Crippen LogP contribution in [-0.2, 0) is 13.1 Å². The van der Waals surface area contributed by atoms with Crippen molar-refractivity contribution in [3.05, 3.63) is 69.0 Å². The first-order valence-corrected chi connectivity index (χ1v) is 8.50. The highest BCUT2D eigenvalue weighted by molar-refractivity contribution is 7.11. The molecule has 0 aliphatic rings. The Hall–Kier alpha value is -1.98. The molecule has 0 unspecified atom stereocenters. The summed E-state index contributed by atoms with van der Waals surface area (Å²) in [5.74, 6) is 0.819. The lowest BCUT2D eigenvalue weighted by molar-refractivity contribution is 0.783. The molecule has 0 spiro atoms. The van der Waals surface area contributed by atoms with E-state index in [1.54, 1.807) is 17.4 Å². The Morgan fingerprint density at radius 3 is 2.52 bits per heavy atom. The zero-order valence-electron chi connectivity index (χ0n) is 13.0. The van der Waals surface area contributed by atoms with Crippen LogP contribution in [0.4, 0.5) is 5.82 Å². The third-order valence-corrected chi connectivity index (χ3v) is 4.76. The average molecular weight is 345 g/mol. The number of hydrogen-bond donors (Lipinski definition) is 0. The summed E-state index contributed by atoms with van der Waals surface area (Å²) in [5.41, 5.74) is 2.30. The van der Waals surface area contributed by atoms with Gasteiger partial charge in [0.2, 0.25) is 0 Å². The number of benzene rings is 1. The molecule has 3 rings (SSSR count). The van der Waals surface area contributed by atoms with Crippen molar-refractivity contribution >= 4 is 28.8 Å². The van der Waals surface area contributed by atoms with Gasteiger partial charge in [-0.25, -0.2) is 15.0 Å². The minimum Gasteiger partial charge on any atom is -0.347 e. The van der Waals surface area contributed by atoms with E-state index in [1.165, 1.54) is 16.8 Å². The summed E-state index contributed by atoms with van der Waals surface area (Å²) in [6, 6.07) is 12.1. The molecule has 2 aromatic heterocycles. The molecule has 0 saturated heterocycles. The van der Waals surface area contributed by atoms with Crippen LogP contribution in [-0.4, -0.2) is 15.0 Å². The average Bonchev–Trinajstić information content (AvgIpc) is 2.85. The zero-order valence-corrected chi connectivity index (χ0v) is 14.6. The maximum absolute atomic E-state index is 6.04. The van der Waals surface area contributed by atoms with E-state index >= 15 is 0 Å². The van der Waals surface area contributed by atoms with E-state index in [1.807, 2.05) is 32.0 Å². The van der Waals surface area contributed by atoms with Crippen molar-refractivity contribution < 1.29 is 0 Å². The SMILES string of the molecule is Cc1nc(C)c(CN(Cc2ccccc2)c2cc(Cl)ncn2)s1. The Kier molecular flexibility index (Phi) is 4.88. The Morgan fingerprint density at radius 2 is 1.87 bits per heavy atom. The standard InChI is InChI=1S/C17H17ClN4S/c1-12-15(23-13(2)21-12)10-22(9-14-6-4-3-5-7-14)17-8-16(18)19-11-20-17/h3-8,11H,9-10H2,1-2H3. The number of halogens is 1. The molecule has 0 saturated carbocycles. The molecule has 3 aromatic rings. The van der Waals surface area contributed by atoms with Gasteiger partial charge in [-0.15, -0.1) is 11.3 Å². The normalized spacial score (nSPS) is 10.7. The predicted molar refractivity (Wildman–Crippen MR) is 95.0 cm³/mol. The number of thiazole rings is 1. The van der Waals surface area contributed by atoms with Crippen LogP contribution < -0.4 is 4.90 Å². The second-order valence-corrected chi connectivity index (χ2v) is 6.96. The molecule has 23 heavy (non-hydrogen) atoms. The van der Waals surface area contributed by atoms with Crippen molar-refractivity contribution in [3.63, 3.8) is 0 Å². The Morgan fingerprint density at radius 1 is 1.09 bits per heavy atom. The fraction of sp³-hybridized carbons (Fsp3) is 0.235. The first-order valence-electron chi connectivity index (χ1n) is 7.31. The number of rotatable bonds is 5. The van der Waals surface area contributed by atoms with E-state index in [2.05, 4.69) is 32.0 Å². The number of aryl methyl sites for hydroxylation is 2. The number of nitrogens with zero attached hydrogens (tertiary/aromatic N) is 4. The van der Waals surface area contributed by atoms with E-state index in [4.69, 9.17) is 11.6 Å². The highest BCUT2D eigenvalue weighted by Crippen LogP contribution is 2.24. The Balaban J connectivity index is 1.91. The van der Waals surface area contributed by atoms with Gasteiger partial charge in [0.15, 0.2) is 0 Å². The maximum atomic E-state index is 6.04. The van der Waals surface area contributed by atoms with Crippen molar-refractivity contribution in [1.82, 2.24) is 15.0 Å². The number of hydrogen-bond acceptors (Lipinski definition) is 5. The van der Waals surface area contributed by atoms with Crippen LogP contribution in [0.5, 0.6) is 0 Å². The van der Waals surface area contributed by atoms with Crippen LogP contribution in [0, 0.1) is 13.8 Å². The molecule has 0 fully saturated rings. The van der Waals surface area contributed by atoms with Crippen molar-refractivity contribution in [2.24, 2.45) is 0 Å². The zero-order chi connectivity index (χ0) is 16.2. The first-order chi connectivity index (χ1) is 11.1. The summed E-state index contributed by atoms with van der Waals surface area (Å²) >= 11 is 7.77. The van der Waals surface area contributed by atoms with Gasteiger partial charge >= 0.3 is 0 Å². The largest absolute Gasteiger partial charge is 0.347 e. The van der Waals surface area contributed by atoms with Crippen molar-refractivity contribution in [2.75, 3.05) is 4.90 Å². The predicted octanol–water partition coefficient (Wildman–Crippen LogP) is 4.41. The summed E-state index contributed by atoms with van der Waals surface area (Å²) in [7, 11) is 0. The molecular weight excluding hydrogens is 328 g/mol. The number of aromatic nitrogens is 3. The third kappa shape index (κ3) is 4.06. The monoisotopic (exact) mass is 344 g/mol. The van der Waals surface area contributed by atoms with E-state index in [9.17, 15) is 0 Å². The molecule has 0 bridgehead atoms. The fourth-order valence-corrected chi connectivity index (χ4v) is 3.51. The molecule has 6 heteroatoms. The van der Waals surface area contributed by atoms with Crippen LogP contribution in [0.25, 0.3) is 0 Å². The minimum atomic E-state index is 0.449. The maximum Gasteiger partial charge on any atom is 0.134 e. The lowest BCUT2D eigenvalue weighted by atomic mass is 10.2. The summed E-state index contributed by atoms with van der Waals surface area (Å²) in [6.45, 7) is 5.58. The third-order valence-electron chi connectivity index (χ3n) is 3.49. The summed E-state index contributed by atoms with van der Waals surface area (Å²) in [5, 5.41) is 1.53. The molecule has 0 amide bonds. The molecule has 0 radical (unpaired) electrons. The lowest BCUT2D eigenvalue weighted by Gasteiger charge is -2.23. The van der Waals surface area contributed by atoms with Gasteiger partial charge < -0.3 is 4.90 Å². The Bertz CT molecular complexity index is 788. The molecule has 0 aliphatic carbocycles. The summed E-state index contributed by atoms with van der Waals surface area (Å²) in [6.07, 6.45) is 1.50. The molecule has 2 heterocycles. The molecule has 0 atom stereocenters. The van der Waals surface area contributed by atoms with Crippen LogP contribution >= 0.6 is 22.9 Å². The molecule has 4 nitrogen and oxygen atoms in total. The van der Waals surface area contributed by atoms with E-state index in [0.29, 0.717) is 5.15 Å². The van der Waals surface area contributed by atoms with Gasteiger partial charge in [-0.05, 0) is 19.4 Å². The van der Waals surface area contributed by atoms with E-state index in [0.717, 1.165) is 29.6 Å². The molecule has 1 aromatic carbocycles. The quantitative estimate of drug-likeness (QED) is 0.643. The van der Waals surface area contributed by atoms with Crippen molar-refractivity contribution in [2.45, 2.75) is 26.9 Å². The smallest absolute Gasteiger partial charge is 0.134 e. The minimum absolute atomic E-state index is 0.449. The summed E-state index contributed by atoms with van der Waals surface area (Å²) in [4.78, 5) is 16.3. The van der Waals surface area contributed by atoms with Gasteiger partial charge in [0, 0.05) is 17.5 Å². The molecule has 0 aliphatic heterocycles. The highest BCUT2D eigenvalue weighted by atomic mass is 35.5. The van der Waals surface area contributed by atoms with E-state index in [-0.39, 0.29) is 0 Å². The van der Waals surface area contributed by atoms with Crippen molar-refractivity contribution in [3.8, 4) is 0 Å². The first kappa shape index (κ1) is 15.9. The lowest BCUT2D eigenvalue weighted by Crippen LogP contribution is -2.23. The van der Waals surface area contributed by atoms with Crippen LogP contribution in [0.1, 0.15) is 21.1 Å². The van der Waals surface area contributed by atoms with Crippen LogP contribution in [0.2, 0.25) is 5.15 Å². The van der Waals surface area contributed by atoms with Gasteiger partial charge in [0.25, 0.3) is 0 Å². The van der Waals surface area contributed by atoms with Crippen LogP contribution in [0.3, 0.4) is 0 Å². The molecule has 0 N–H and O–H groups in total. The Labute approximate surface area is 144 Å². The summed E-state index contributed by atoms with van der Waals surface area (Å²) < 4.78 is 0. The fourth-order valence-electron chi connectivity index (χ4n) is 2.41.